The smallest absolute Gasteiger partial charge is 0.243 e. The summed E-state index contributed by atoms with van der Waals surface area (Å²) >= 11 is 5.74. The number of aliphatic hydroxyl groups is 1. The van der Waals surface area contributed by atoms with E-state index in [-0.39, 0.29) is 17.2 Å². The largest absolute Gasteiger partial charge is 0.390 e. The highest BCUT2D eigenvalue weighted by molar-refractivity contribution is 7.92. The molecule has 1 fully saturated rings. The summed E-state index contributed by atoms with van der Waals surface area (Å²) in [4.78, 5) is 0.0187. The summed E-state index contributed by atoms with van der Waals surface area (Å²) in [7, 11) is -7.31. The fourth-order valence-electron chi connectivity index (χ4n) is 2.41. The third kappa shape index (κ3) is 3.40. The summed E-state index contributed by atoms with van der Waals surface area (Å²) in [5.74, 6) is -0.779. The number of nitrogens with zero attached hydrogens (tertiary/aromatic N) is 1. The minimum absolute atomic E-state index is 0.0187. The van der Waals surface area contributed by atoms with E-state index in [4.69, 9.17) is 11.6 Å². The van der Waals surface area contributed by atoms with Crippen LogP contribution < -0.4 is 0 Å². The molecular weight excluding hydrogens is 338 g/mol. The van der Waals surface area contributed by atoms with Gasteiger partial charge in [0, 0.05) is 11.6 Å². The molecule has 1 aromatic carbocycles. The van der Waals surface area contributed by atoms with Crippen molar-refractivity contribution in [3.05, 3.63) is 29.3 Å². The van der Waals surface area contributed by atoms with Crippen molar-refractivity contribution in [2.75, 3.05) is 18.1 Å². The van der Waals surface area contributed by atoms with Gasteiger partial charge in [0.05, 0.1) is 28.5 Å². The zero-order valence-electron chi connectivity index (χ0n) is 11.3. The Morgan fingerprint density at radius 2 is 1.86 bits per heavy atom. The van der Waals surface area contributed by atoms with Crippen LogP contribution in [0.15, 0.2) is 29.2 Å². The second-order valence-electron chi connectivity index (χ2n) is 4.87. The Hall–Kier alpha value is -0.670. The number of halogens is 1. The zero-order chi connectivity index (χ0) is 15.8. The molecule has 0 saturated carbocycles. The number of hydrogen-bond donors (Lipinski definition) is 1. The summed E-state index contributed by atoms with van der Waals surface area (Å²) in [6.45, 7) is 1.67. The number of benzene rings is 1. The quantitative estimate of drug-likeness (QED) is 0.851. The van der Waals surface area contributed by atoms with Crippen LogP contribution in [-0.4, -0.2) is 56.4 Å². The summed E-state index contributed by atoms with van der Waals surface area (Å²) in [5.41, 5.74) is 0. The molecule has 1 heterocycles. The fourth-order valence-corrected chi connectivity index (χ4v) is 6.09. The van der Waals surface area contributed by atoms with Gasteiger partial charge in [0.25, 0.3) is 0 Å². The number of sulfone groups is 1. The number of hydrogen-bond acceptors (Lipinski definition) is 5. The monoisotopic (exact) mass is 353 g/mol. The molecule has 21 heavy (non-hydrogen) atoms. The van der Waals surface area contributed by atoms with Crippen molar-refractivity contribution in [2.24, 2.45) is 0 Å². The Labute approximate surface area is 129 Å². The van der Waals surface area contributed by atoms with Gasteiger partial charge in [0.15, 0.2) is 9.84 Å². The topological polar surface area (TPSA) is 91.8 Å². The van der Waals surface area contributed by atoms with Gasteiger partial charge in [-0.05, 0) is 24.3 Å². The van der Waals surface area contributed by atoms with Gasteiger partial charge < -0.3 is 5.11 Å². The minimum atomic E-state index is -3.88. The predicted octanol–water partition coefficient (Wildman–Crippen LogP) is 0.509. The molecule has 0 spiro atoms. The van der Waals surface area contributed by atoms with E-state index in [2.05, 4.69) is 0 Å². The van der Waals surface area contributed by atoms with Crippen molar-refractivity contribution in [1.82, 2.24) is 4.31 Å². The maximum atomic E-state index is 12.6. The lowest BCUT2D eigenvalue weighted by molar-refractivity contribution is 0.130. The molecule has 0 bridgehead atoms. The van der Waals surface area contributed by atoms with Crippen LogP contribution in [0.5, 0.6) is 0 Å². The number of aliphatic hydroxyl groups excluding tert-OH is 1. The molecule has 0 aliphatic carbocycles. The van der Waals surface area contributed by atoms with Crippen molar-refractivity contribution in [3.63, 3.8) is 0 Å². The van der Waals surface area contributed by atoms with Crippen LogP contribution in [0.2, 0.25) is 5.02 Å². The van der Waals surface area contributed by atoms with E-state index in [0.717, 1.165) is 4.31 Å². The Bertz CT molecular complexity index is 715. The highest BCUT2D eigenvalue weighted by Gasteiger charge is 2.44. The lowest BCUT2D eigenvalue weighted by atomic mass is 10.2. The van der Waals surface area contributed by atoms with E-state index in [1.807, 2.05) is 0 Å². The first kappa shape index (κ1) is 16.7. The third-order valence-electron chi connectivity index (χ3n) is 3.40. The average Bonchev–Trinajstić information content (AvgIpc) is 2.64. The lowest BCUT2D eigenvalue weighted by Crippen LogP contribution is -2.46. The molecule has 9 heteroatoms. The first-order valence-corrected chi connectivity index (χ1v) is 9.97. The van der Waals surface area contributed by atoms with Crippen LogP contribution in [0, 0.1) is 0 Å². The van der Waals surface area contributed by atoms with E-state index < -0.39 is 37.8 Å². The summed E-state index contributed by atoms with van der Waals surface area (Å²) in [6, 6.07) is 4.65. The van der Waals surface area contributed by atoms with Crippen molar-refractivity contribution in [1.29, 1.82) is 0 Å². The number of sulfonamides is 1. The van der Waals surface area contributed by atoms with E-state index >= 15 is 0 Å². The van der Waals surface area contributed by atoms with Crippen LogP contribution in [0.4, 0.5) is 0 Å². The van der Waals surface area contributed by atoms with Crippen LogP contribution in [0.3, 0.4) is 0 Å². The molecule has 1 aliphatic heterocycles. The van der Waals surface area contributed by atoms with Crippen LogP contribution in [0.25, 0.3) is 0 Å². The van der Waals surface area contributed by atoms with E-state index in [1.165, 1.54) is 24.3 Å². The average molecular weight is 354 g/mol. The standard InChI is InChI=1S/C12H16ClNO5S2/c1-2-14(11-7-20(16,17)8-12(11)15)21(18,19)10-5-3-9(13)4-6-10/h3-6,11-12,15H,2,7-8H2,1H3/t11-,12-/m0/s1. The molecule has 6 nitrogen and oxygen atoms in total. The second-order valence-corrected chi connectivity index (χ2v) is 9.35. The molecule has 1 aliphatic rings. The SMILES string of the molecule is CCN([C@H]1CS(=O)(=O)C[C@@H]1O)S(=O)(=O)c1ccc(Cl)cc1. The maximum Gasteiger partial charge on any atom is 0.243 e. The molecule has 0 aromatic heterocycles. The molecule has 0 amide bonds. The Morgan fingerprint density at radius 1 is 1.29 bits per heavy atom. The summed E-state index contributed by atoms with van der Waals surface area (Å²) < 4.78 is 49.4. The van der Waals surface area contributed by atoms with Crippen molar-refractivity contribution < 1.29 is 21.9 Å². The summed E-state index contributed by atoms with van der Waals surface area (Å²) in [6.07, 6.45) is -1.21. The third-order valence-corrected chi connectivity index (χ3v) is 7.36. The molecule has 0 radical (unpaired) electrons. The Morgan fingerprint density at radius 3 is 2.29 bits per heavy atom. The van der Waals surface area contributed by atoms with Crippen molar-refractivity contribution in [3.8, 4) is 0 Å². The molecule has 0 unspecified atom stereocenters. The molecular formula is C12H16ClNO5S2. The molecule has 1 N–H and O–H groups in total. The van der Waals surface area contributed by atoms with Gasteiger partial charge in [-0.1, -0.05) is 18.5 Å². The highest BCUT2D eigenvalue weighted by Crippen LogP contribution is 2.25. The van der Waals surface area contributed by atoms with Crippen LogP contribution in [-0.2, 0) is 19.9 Å². The maximum absolute atomic E-state index is 12.6. The van der Waals surface area contributed by atoms with Gasteiger partial charge in [-0.15, -0.1) is 0 Å². The molecule has 118 valence electrons. The zero-order valence-corrected chi connectivity index (χ0v) is 13.7. The highest BCUT2D eigenvalue weighted by atomic mass is 35.5. The molecule has 2 rings (SSSR count). The first-order chi connectivity index (χ1) is 9.67. The molecule has 1 aromatic rings. The first-order valence-electron chi connectivity index (χ1n) is 6.33. The molecule has 2 atom stereocenters. The summed E-state index contributed by atoms with van der Waals surface area (Å²) in [5, 5.41) is 10.3. The number of rotatable bonds is 4. The Kier molecular flexibility index (Phi) is 4.65. The lowest BCUT2D eigenvalue weighted by Gasteiger charge is -2.28. The minimum Gasteiger partial charge on any atom is -0.390 e. The van der Waals surface area contributed by atoms with Crippen molar-refractivity contribution >= 4 is 31.5 Å². The second kappa shape index (κ2) is 5.85. The molecule has 1 saturated heterocycles. The van der Waals surface area contributed by atoms with E-state index in [9.17, 15) is 21.9 Å². The van der Waals surface area contributed by atoms with Gasteiger partial charge in [-0.3, -0.25) is 0 Å². The fraction of sp³-hybridized carbons (Fsp3) is 0.500. The normalized spacial score (nSPS) is 25.3. The van der Waals surface area contributed by atoms with E-state index in [0.29, 0.717) is 5.02 Å². The predicted molar refractivity (Wildman–Crippen MR) is 79.5 cm³/mol. The van der Waals surface area contributed by atoms with Gasteiger partial charge in [-0.25, -0.2) is 16.8 Å². The van der Waals surface area contributed by atoms with Gasteiger partial charge in [0.2, 0.25) is 10.0 Å². The van der Waals surface area contributed by atoms with Gasteiger partial charge in [0.1, 0.15) is 0 Å². The van der Waals surface area contributed by atoms with Crippen LogP contribution in [0.1, 0.15) is 6.92 Å². The number of likely N-dealkylation sites (N-methyl/N-ethyl adjacent to an activating group) is 1. The Balaban J connectivity index is 2.39. The van der Waals surface area contributed by atoms with Gasteiger partial charge >= 0.3 is 0 Å². The van der Waals surface area contributed by atoms with Gasteiger partial charge in [-0.2, -0.15) is 4.31 Å². The van der Waals surface area contributed by atoms with Crippen molar-refractivity contribution in [2.45, 2.75) is 24.0 Å². The van der Waals surface area contributed by atoms with Crippen LogP contribution >= 0.6 is 11.6 Å². The van der Waals surface area contributed by atoms with E-state index in [1.54, 1.807) is 6.92 Å².